The molecule has 1 heterocycles. The van der Waals surface area contributed by atoms with E-state index in [1.165, 1.54) is 19.7 Å². The summed E-state index contributed by atoms with van der Waals surface area (Å²) in [5.41, 5.74) is 2.99. The van der Waals surface area contributed by atoms with Gasteiger partial charge in [-0.15, -0.1) is 0 Å². The van der Waals surface area contributed by atoms with E-state index in [1.54, 1.807) is 14.2 Å². The van der Waals surface area contributed by atoms with Crippen LogP contribution in [0.15, 0.2) is 60.7 Å². The van der Waals surface area contributed by atoms with Crippen molar-refractivity contribution < 1.29 is 19.4 Å². The maximum Gasteiger partial charge on any atom is 0.300 e. The Balaban J connectivity index is 0.000000567. The summed E-state index contributed by atoms with van der Waals surface area (Å²) >= 11 is 2.35. The van der Waals surface area contributed by atoms with Crippen LogP contribution in [0.1, 0.15) is 6.92 Å². The molecule has 0 aliphatic rings. The van der Waals surface area contributed by atoms with Gasteiger partial charge in [-0.3, -0.25) is 4.79 Å². The minimum atomic E-state index is -0.833. The van der Waals surface area contributed by atoms with E-state index in [0.29, 0.717) is 11.5 Å². The molecule has 2 N–H and O–H groups in total. The van der Waals surface area contributed by atoms with Crippen molar-refractivity contribution >= 4 is 61.1 Å². The number of aliphatic carboxylic acids is 1. The summed E-state index contributed by atoms with van der Waals surface area (Å²) in [5, 5.41) is 12.2. The lowest BCUT2D eigenvalue weighted by Crippen LogP contribution is -1.91. The Labute approximate surface area is 198 Å². The van der Waals surface area contributed by atoms with Gasteiger partial charge in [0, 0.05) is 26.8 Å². The minimum Gasteiger partial charge on any atom is -0.493 e. The molecule has 0 aliphatic carbocycles. The highest BCUT2D eigenvalue weighted by atomic mass is 127. The lowest BCUT2D eigenvalue weighted by atomic mass is 10.0. The van der Waals surface area contributed by atoms with Crippen LogP contribution in [-0.4, -0.2) is 35.3 Å². The van der Waals surface area contributed by atoms with Gasteiger partial charge in [-0.05, 0) is 63.7 Å². The van der Waals surface area contributed by atoms with Crippen molar-refractivity contribution in [1.82, 2.24) is 9.97 Å². The third-order valence-electron chi connectivity index (χ3n) is 5.08. The van der Waals surface area contributed by atoms with E-state index in [-0.39, 0.29) is 0 Å². The van der Waals surface area contributed by atoms with Crippen molar-refractivity contribution in [3.8, 4) is 22.9 Å². The normalized spacial score (nSPS) is 10.8. The fourth-order valence-electron chi connectivity index (χ4n) is 3.77. The third-order valence-corrected chi connectivity index (χ3v) is 5.76. The smallest absolute Gasteiger partial charge is 0.300 e. The summed E-state index contributed by atoms with van der Waals surface area (Å²) in [6.07, 6.45) is 0. The van der Waals surface area contributed by atoms with E-state index in [0.717, 1.165) is 34.7 Å². The van der Waals surface area contributed by atoms with Crippen molar-refractivity contribution in [1.29, 1.82) is 0 Å². The van der Waals surface area contributed by atoms with Gasteiger partial charge in [0.1, 0.15) is 5.82 Å². The molecule has 0 saturated heterocycles. The fraction of sp³-hybridized carbons (Fsp3) is 0.120. The number of carboxylic acid groups (broad SMARTS) is 1. The number of hydrogen-bond acceptors (Lipinski definition) is 4. The molecule has 6 nitrogen and oxygen atoms in total. The molecular formula is C25H21IN2O4. The van der Waals surface area contributed by atoms with E-state index in [2.05, 4.69) is 70.0 Å². The van der Waals surface area contributed by atoms with Gasteiger partial charge in [0.15, 0.2) is 11.5 Å². The van der Waals surface area contributed by atoms with E-state index < -0.39 is 5.97 Å². The molecule has 0 amide bonds. The number of rotatable bonds is 3. The summed E-state index contributed by atoms with van der Waals surface area (Å²) in [7, 11) is 3.28. The molecule has 0 atom stereocenters. The number of carbonyl (C=O) groups is 1. The zero-order valence-corrected chi connectivity index (χ0v) is 19.9. The number of H-pyrrole nitrogens is 1. The Bertz CT molecular complexity index is 1460. The average Bonchev–Trinajstić information content (AvgIpc) is 3.24. The molecule has 162 valence electrons. The number of hydrogen-bond donors (Lipinski definition) is 2. The first-order valence-corrected chi connectivity index (χ1v) is 10.9. The van der Waals surface area contributed by atoms with Crippen molar-refractivity contribution in [3.63, 3.8) is 0 Å². The van der Waals surface area contributed by atoms with Crippen LogP contribution in [0.2, 0.25) is 0 Å². The highest BCUT2D eigenvalue weighted by molar-refractivity contribution is 14.1. The van der Waals surface area contributed by atoms with Crippen molar-refractivity contribution in [2.24, 2.45) is 0 Å². The van der Waals surface area contributed by atoms with Crippen LogP contribution >= 0.6 is 22.6 Å². The number of aromatic nitrogens is 2. The maximum atomic E-state index is 9.00. The number of imidazole rings is 1. The molecule has 4 aromatic carbocycles. The maximum absolute atomic E-state index is 9.00. The van der Waals surface area contributed by atoms with Gasteiger partial charge in [0.05, 0.1) is 25.3 Å². The molecule has 0 saturated carbocycles. The zero-order valence-electron chi connectivity index (χ0n) is 17.8. The number of benzene rings is 4. The monoisotopic (exact) mass is 540 g/mol. The van der Waals surface area contributed by atoms with Gasteiger partial charge in [0.25, 0.3) is 5.97 Å². The first-order valence-electron chi connectivity index (χ1n) is 9.84. The average molecular weight is 540 g/mol. The summed E-state index contributed by atoms with van der Waals surface area (Å²) in [6, 6.07) is 20.8. The molecule has 0 fully saturated rings. The summed E-state index contributed by atoms with van der Waals surface area (Å²) in [4.78, 5) is 17.5. The summed E-state index contributed by atoms with van der Waals surface area (Å²) in [5.74, 6) is 1.37. The van der Waals surface area contributed by atoms with Crippen LogP contribution in [0.4, 0.5) is 0 Å². The Hall–Kier alpha value is -3.33. The van der Waals surface area contributed by atoms with Crippen LogP contribution < -0.4 is 9.47 Å². The lowest BCUT2D eigenvalue weighted by Gasteiger charge is -2.08. The number of methoxy groups -OCH3 is 2. The first kappa shape index (κ1) is 21.9. The minimum absolute atomic E-state index is 0.685. The number of ether oxygens (including phenoxy) is 2. The number of halogens is 1. The molecule has 0 bridgehead atoms. The predicted molar refractivity (Wildman–Crippen MR) is 136 cm³/mol. The van der Waals surface area contributed by atoms with Crippen molar-refractivity contribution in [2.45, 2.75) is 6.92 Å². The molecule has 7 heteroatoms. The second kappa shape index (κ2) is 9.04. The molecule has 0 aliphatic heterocycles. The van der Waals surface area contributed by atoms with Crippen molar-refractivity contribution in [3.05, 3.63) is 64.2 Å². The zero-order chi connectivity index (χ0) is 22.8. The van der Waals surface area contributed by atoms with E-state index >= 15 is 0 Å². The highest BCUT2D eigenvalue weighted by Crippen LogP contribution is 2.37. The number of nitrogens with one attached hydrogen (secondary N) is 1. The molecule has 0 radical (unpaired) electrons. The molecule has 1 aromatic heterocycles. The molecule has 5 aromatic rings. The largest absolute Gasteiger partial charge is 0.493 e. The van der Waals surface area contributed by atoms with Crippen LogP contribution in [0.25, 0.3) is 44.0 Å². The topological polar surface area (TPSA) is 84.4 Å². The third kappa shape index (κ3) is 4.08. The van der Waals surface area contributed by atoms with Gasteiger partial charge in [-0.1, -0.05) is 30.3 Å². The molecule has 32 heavy (non-hydrogen) atoms. The first-order chi connectivity index (χ1) is 15.4. The number of fused-ring (bicyclic) bond motifs is 6. The highest BCUT2D eigenvalue weighted by Gasteiger charge is 2.15. The quantitative estimate of drug-likeness (QED) is 0.209. The van der Waals surface area contributed by atoms with Gasteiger partial charge in [-0.2, -0.15) is 0 Å². The molecule has 0 unspecified atom stereocenters. The van der Waals surface area contributed by atoms with Crippen molar-refractivity contribution in [2.75, 3.05) is 14.2 Å². The van der Waals surface area contributed by atoms with Crippen LogP contribution in [0.3, 0.4) is 0 Å². The van der Waals surface area contributed by atoms with Crippen LogP contribution in [0.5, 0.6) is 11.5 Å². The van der Waals surface area contributed by atoms with Gasteiger partial charge < -0.3 is 19.6 Å². The molecule has 5 rings (SSSR count). The fourth-order valence-corrected chi connectivity index (χ4v) is 4.26. The second-order valence-electron chi connectivity index (χ2n) is 7.13. The lowest BCUT2D eigenvalue weighted by molar-refractivity contribution is -0.134. The predicted octanol–water partition coefficient (Wildman–Crippen LogP) is 6.25. The summed E-state index contributed by atoms with van der Waals surface area (Å²) in [6.45, 7) is 1.08. The number of carboxylic acids is 1. The second-order valence-corrected chi connectivity index (χ2v) is 8.38. The molecular weight excluding hydrogens is 519 g/mol. The Morgan fingerprint density at radius 3 is 2.25 bits per heavy atom. The number of aromatic amines is 1. The molecule has 0 spiro atoms. The Morgan fingerprint density at radius 1 is 0.906 bits per heavy atom. The Morgan fingerprint density at radius 2 is 1.56 bits per heavy atom. The van der Waals surface area contributed by atoms with E-state index in [4.69, 9.17) is 24.4 Å². The van der Waals surface area contributed by atoms with Gasteiger partial charge in [-0.25, -0.2) is 4.98 Å². The van der Waals surface area contributed by atoms with E-state index in [1.807, 2.05) is 18.2 Å². The Kier molecular flexibility index (Phi) is 6.18. The van der Waals surface area contributed by atoms with Crippen LogP contribution in [-0.2, 0) is 4.79 Å². The van der Waals surface area contributed by atoms with Gasteiger partial charge in [0.2, 0.25) is 0 Å². The standard InChI is InChI=1S/C23H17IN2O2.C2H4O2/c1-27-19-10-7-13(11-20(19)28-2)23-25-21-17-6-4-3-5-15(17)16-9-8-14(24)12-18(16)22(21)26-23;1-2(3)4/h3-12H,1-2H3,(H,25,26);1H3,(H,3,4). The van der Waals surface area contributed by atoms with Gasteiger partial charge >= 0.3 is 0 Å². The SMILES string of the molecule is CC(=O)O.COc1ccc(-c2nc3c4cc(I)ccc4c4ccccc4c3[nH]2)cc1OC. The van der Waals surface area contributed by atoms with E-state index in [9.17, 15) is 0 Å². The number of nitrogens with zero attached hydrogens (tertiary/aromatic N) is 1. The summed E-state index contributed by atoms with van der Waals surface area (Å²) < 4.78 is 12.0. The van der Waals surface area contributed by atoms with Crippen LogP contribution in [0, 0.1) is 3.57 Å².